The summed E-state index contributed by atoms with van der Waals surface area (Å²) in [5.41, 5.74) is 2.04. The van der Waals surface area contributed by atoms with E-state index in [0.717, 1.165) is 24.3 Å². The summed E-state index contributed by atoms with van der Waals surface area (Å²) in [5, 5.41) is 9.12. The Morgan fingerprint density at radius 3 is 2.50 bits per heavy atom. The van der Waals surface area contributed by atoms with Crippen molar-refractivity contribution in [1.82, 2.24) is 10.6 Å². The average molecular weight is 279 g/mol. The fourth-order valence-electron chi connectivity index (χ4n) is 1.66. The van der Waals surface area contributed by atoms with Crippen molar-refractivity contribution in [3.63, 3.8) is 0 Å². The second-order valence-electron chi connectivity index (χ2n) is 4.85. The normalized spacial score (nSPS) is 10.4. The summed E-state index contributed by atoms with van der Waals surface area (Å²) in [7, 11) is 0. The molecule has 0 bridgehead atoms. The summed E-state index contributed by atoms with van der Waals surface area (Å²) in [6.45, 7) is 8.72. The van der Waals surface area contributed by atoms with Crippen LogP contribution in [0.25, 0.3) is 0 Å². The van der Waals surface area contributed by atoms with E-state index in [4.69, 9.17) is 4.74 Å². The van der Waals surface area contributed by atoms with E-state index in [-0.39, 0.29) is 12.7 Å². The van der Waals surface area contributed by atoms with Gasteiger partial charge in [-0.3, -0.25) is 0 Å². The molecule has 0 spiro atoms. The van der Waals surface area contributed by atoms with Crippen LogP contribution in [0.4, 0.5) is 10.5 Å². The molecule has 0 saturated carbocycles. The van der Waals surface area contributed by atoms with Gasteiger partial charge in [-0.1, -0.05) is 19.1 Å². The first-order chi connectivity index (χ1) is 9.61. The highest BCUT2D eigenvalue weighted by Crippen LogP contribution is 2.11. The summed E-state index contributed by atoms with van der Waals surface area (Å²) < 4.78 is 5.13. The number of alkyl carbamates (subject to hydrolysis) is 1. The van der Waals surface area contributed by atoms with E-state index in [1.54, 1.807) is 0 Å². The Balaban J connectivity index is 2.25. The smallest absolute Gasteiger partial charge is 0.407 e. The highest BCUT2D eigenvalue weighted by molar-refractivity contribution is 5.67. The highest BCUT2D eigenvalue weighted by Gasteiger charge is 2.02. The van der Waals surface area contributed by atoms with E-state index in [1.165, 1.54) is 0 Å². The molecule has 0 aromatic heterocycles. The topological polar surface area (TPSA) is 62.4 Å². The van der Waals surface area contributed by atoms with Crippen molar-refractivity contribution in [3.8, 4) is 0 Å². The molecular weight excluding hydrogens is 254 g/mol. The van der Waals surface area contributed by atoms with E-state index in [1.807, 2.05) is 31.2 Å². The Bertz CT molecular complexity index is 391. The zero-order valence-electron chi connectivity index (χ0n) is 12.5. The van der Waals surface area contributed by atoms with Crippen molar-refractivity contribution >= 4 is 11.8 Å². The van der Waals surface area contributed by atoms with Gasteiger partial charge in [-0.25, -0.2) is 4.79 Å². The number of carbonyl (C=O) groups excluding carboxylic acids is 1. The van der Waals surface area contributed by atoms with Crippen molar-refractivity contribution in [2.75, 3.05) is 25.0 Å². The number of carbonyl (C=O) groups is 1. The van der Waals surface area contributed by atoms with Gasteiger partial charge in [0, 0.05) is 24.8 Å². The van der Waals surface area contributed by atoms with Crippen LogP contribution in [0.2, 0.25) is 0 Å². The molecule has 0 aliphatic carbocycles. The van der Waals surface area contributed by atoms with Crippen molar-refractivity contribution in [2.24, 2.45) is 0 Å². The zero-order chi connectivity index (χ0) is 14.8. The Morgan fingerprint density at radius 2 is 1.90 bits per heavy atom. The number of likely N-dealkylation sites (N-methyl/N-ethyl adjacent to an activating group) is 1. The molecule has 20 heavy (non-hydrogen) atoms. The maximum Gasteiger partial charge on any atom is 0.407 e. The molecule has 0 unspecified atom stereocenters. The van der Waals surface area contributed by atoms with Crippen molar-refractivity contribution in [1.29, 1.82) is 0 Å². The van der Waals surface area contributed by atoms with Crippen molar-refractivity contribution in [3.05, 3.63) is 29.8 Å². The van der Waals surface area contributed by atoms with Gasteiger partial charge < -0.3 is 20.7 Å². The molecule has 3 N–H and O–H groups in total. The number of amides is 1. The minimum absolute atomic E-state index is 0.287. The molecule has 1 rings (SSSR count). The summed E-state index contributed by atoms with van der Waals surface area (Å²) in [4.78, 5) is 11.4. The molecule has 0 radical (unpaired) electrons. The van der Waals surface area contributed by atoms with E-state index in [0.29, 0.717) is 12.6 Å². The molecule has 0 saturated heterocycles. The van der Waals surface area contributed by atoms with Crippen LogP contribution in [-0.2, 0) is 11.3 Å². The quantitative estimate of drug-likeness (QED) is 0.639. The molecule has 0 fully saturated rings. The molecule has 1 amide bonds. The Morgan fingerprint density at radius 1 is 1.20 bits per heavy atom. The van der Waals surface area contributed by atoms with Gasteiger partial charge in [-0.2, -0.15) is 0 Å². The van der Waals surface area contributed by atoms with Gasteiger partial charge in [0.25, 0.3) is 0 Å². The molecular formula is C15H25N3O2. The van der Waals surface area contributed by atoms with Crippen LogP contribution in [0.5, 0.6) is 0 Å². The van der Waals surface area contributed by atoms with E-state index >= 15 is 0 Å². The predicted molar refractivity (Wildman–Crippen MR) is 81.9 cm³/mol. The molecule has 112 valence electrons. The van der Waals surface area contributed by atoms with E-state index in [9.17, 15) is 4.79 Å². The Kier molecular flexibility index (Phi) is 7.50. The molecule has 0 aliphatic rings. The molecule has 1 aromatic rings. The van der Waals surface area contributed by atoms with Crippen LogP contribution in [0, 0.1) is 0 Å². The number of ether oxygens (including phenoxy) is 1. The number of benzene rings is 1. The fraction of sp³-hybridized carbons (Fsp3) is 0.533. The van der Waals surface area contributed by atoms with Gasteiger partial charge in [0.1, 0.15) is 6.61 Å². The SMILES string of the molecule is CCNCCNC(=O)OCc1ccc(NC(C)C)cc1. The van der Waals surface area contributed by atoms with E-state index in [2.05, 4.69) is 29.8 Å². The van der Waals surface area contributed by atoms with Gasteiger partial charge >= 0.3 is 6.09 Å². The first kappa shape index (κ1) is 16.3. The van der Waals surface area contributed by atoms with Gasteiger partial charge in [0.05, 0.1) is 0 Å². The number of hydrogen-bond acceptors (Lipinski definition) is 4. The van der Waals surface area contributed by atoms with Crippen LogP contribution in [0.3, 0.4) is 0 Å². The maximum absolute atomic E-state index is 11.4. The molecule has 5 nitrogen and oxygen atoms in total. The third-order valence-electron chi connectivity index (χ3n) is 2.60. The molecule has 5 heteroatoms. The van der Waals surface area contributed by atoms with Crippen molar-refractivity contribution in [2.45, 2.75) is 33.4 Å². The number of hydrogen-bond donors (Lipinski definition) is 3. The van der Waals surface area contributed by atoms with E-state index < -0.39 is 0 Å². The fourth-order valence-corrected chi connectivity index (χ4v) is 1.66. The Hall–Kier alpha value is -1.75. The van der Waals surface area contributed by atoms with Crippen LogP contribution in [0.15, 0.2) is 24.3 Å². The minimum Gasteiger partial charge on any atom is -0.445 e. The summed E-state index contributed by atoms with van der Waals surface area (Å²) >= 11 is 0. The molecule has 0 atom stereocenters. The second kappa shape index (κ2) is 9.20. The predicted octanol–water partition coefficient (Wildman–Crippen LogP) is 2.34. The monoisotopic (exact) mass is 279 g/mol. The lowest BCUT2D eigenvalue weighted by atomic mass is 10.2. The van der Waals surface area contributed by atoms with Crippen LogP contribution < -0.4 is 16.0 Å². The Labute approximate surface area is 121 Å². The van der Waals surface area contributed by atoms with Crippen LogP contribution in [-0.4, -0.2) is 31.8 Å². The minimum atomic E-state index is -0.382. The largest absolute Gasteiger partial charge is 0.445 e. The standard InChI is InChI=1S/C15H25N3O2/c1-4-16-9-10-17-15(19)20-11-13-5-7-14(8-6-13)18-12(2)3/h5-8,12,16,18H,4,9-11H2,1-3H3,(H,17,19). The molecule has 1 aromatic carbocycles. The lowest BCUT2D eigenvalue weighted by Gasteiger charge is -2.11. The number of rotatable bonds is 8. The maximum atomic E-state index is 11.4. The lowest BCUT2D eigenvalue weighted by molar-refractivity contribution is 0.140. The third kappa shape index (κ3) is 6.99. The summed E-state index contributed by atoms with van der Waals surface area (Å²) in [6, 6.07) is 8.29. The van der Waals surface area contributed by atoms with Gasteiger partial charge in [-0.05, 0) is 38.1 Å². The average Bonchev–Trinajstić information content (AvgIpc) is 2.42. The number of nitrogens with one attached hydrogen (secondary N) is 3. The summed E-state index contributed by atoms with van der Waals surface area (Å²) in [5.74, 6) is 0. The summed E-state index contributed by atoms with van der Waals surface area (Å²) in [6.07, 6.45) is -0.382. The van der Waals surface area contributed by atoms with Crippen LogP contribution >= 0.6 is 0 Å². The molecule has 0 heterocycles. The zero-order valence-corrected chi connectivity index (χ0v) is 12.5. The third-order valence-corrected chi connectivity index (χ3v) is 2.60. The van der Waals surface area contributed by atoms with Gasteiger partial charge in [0.2, 0.25) is 0 Å². The molecule has 0 aliphatic heterocycles. The van der Waals surface area contributed by atoms with Gasteiger partial charge in [0.15, 0.2) is 0 Å². The lowest BCUT2D eigenvalue weighted by Crippen LogP contribution is -2.32. The first-order valence-corrected chi connectivity index (χ1v) is 7.08. The van der Waals surface area contributed by atoms with Crippen molar-refractivity contribution < 1.29 is 9.53 Å². The van der Waals surface area contributed by atoms with Crippen LogP contribution in [0.1, 0.15) is 26.3 Å². The van der Waals surface area contributed by atoms with Gasteiger partial charge in [-0.15, -0.1) is 0 Å². The second-order valence-corrected chi connectivity index (χ2v) is 4.85. The highest BCUT2D eigenvalue weighted by atomic mass is 16.5. The number of anilines is 1. The first-order valence-electron chi connectivity index (χ1n) is 7.08.